The fourth-order valence-corrected chi connectivity index (χ4v) is 2.92. The van der Waals surface area contributed by atoms with Gasteiger partial charge in [0.25, 0.3) is 5.91 Å². The van der Waals surface area contributed by atoms with Crippen LogP contribution in [0.3, 0.4) is 0 Å². The summed E-state index contributed by atoms with van der Waals surface area (Å²) in [5.74, 6) is 0.214. The van der Waals surface area contributed by atoms with Crippen LogP contribution in [0.25, 0.3) is 5.69 Å². The monoisotopic (exact) mass is 391 g/mol. The Bertz CT molecular complexity index is 957. The normalized spacial score (nSPS) is 10.6. The van der Waals surface area contributed by atoms with Crippen molar-refractivity contribution >= 4 is 34.8 Å². The first-order chi connectivity index (χ1) is 12.5. The molecule has 0 spiro atoms. The molecular formula is C18H15Cl2N3O3. The number of halogens is 2. The molecule has 0 bridgehead atoms. The first-order valence-corrected chi connectivity index (χ1v) is 8.36. The van der Waals surface area contributed by atoms with Crippen LogP contribution in [0.15, 0.2) is 48.8 Å². The average molecular weight is 392 g/mol. The van der Waals surface area contributed by atoms with Gasteiger partial charge in [-0.15, -0.1) is 0 Å². The van der Waals surface area contributed by atoms with Gasteiger partial charge in [-0.05, 0) is 36.4 Å². The molecule has 6 nitrogen and oxygen atoms in total. The van der Waals surface area contributed by atoms with E-state index in [0.717, 1.165) is 0 Å². The van der Waals surface area contributed by atoms with Crippen LogP contribution in [0, 0.1) is 0 Å². The van der Waals surface area contributed by atoms with Crippen LogP contribution in [-0.2, 0) is 6.61 Å². The maximum atomic E-state index is 12.4. The molecule has 1 heterocycles. The van der Waals surface area contributed by atoms with Gasteiger partial charge < -0.3 is 15.2 Å². The lowest BCUT2D eigenvalue weighted by Gasteiger charge is -2.09. The topological polar surface area (TPSA) is 76.4 Å². The molecule has 2 aromatic carbocycles. The average Bonchev–Trinajstić information content (AvgIpc) is 3.11. The predicted molar refractivity (Wildman–Crippen MR) is 100 cm³/mol. The second kappa shape index (κ2) is 7.78. The summed E-state index contributed by atoms with van der Waals surface area (Å²) in [5, 5.41) is 17.2. The largest absolute Gasteiger partial charge is 0.496 e. The summed E-state index contributed by atoms with van der Waals surface area (Å²) in [6.45, 7) is -0.195. The summed E-state index contributed by atoms with van der Waals surface area (Å²) in [5.41, 5.74) is 2.09. The van der Waals surface area contributed by atoms with Crippen molar-refractivity contribution in [2.24, 2.45) is 0 Å². The molecule has 0 saturated carbocycles. The van der Waals surface area contributed by atoms with Crippen LogP contribution in [0.4, 0.5) is 5.69 Å². The van der Waals surface area contributed by atoms with Gasteiger partial charge in [0.1, 0.15) is 5.75 Å². The van der Waals surface area contributed by atoms with Gasteiger partial charge in [-0.2, -0.15) is 5.10 Å². The highest BCUT2D eigenvalue weighted by Crippen LogP contribution is 2.25. The molecule has 1 aromatic heterocycles. The zero-order valence-electron chi connectivity index (χ0n) is 13.7. The van der Waals surface area contributed by atoms with E-state index >= 15 is 0 Å². The number of amides is 1. The van der Waals surface area contributed by atoms with Crippen molar-refractivity contribution in [1.29, 1.82) is 0 Å². The van der Waals surface area contributed by atoms with E-state index < -0.39 is 0 Å². The molecule has 0 aliphatic heterocycles. The van der Waals surface area contributed by atoms with Crippen molar-refractivity contribution in [3.63, 3.8) is 0 Å². The standard InChI is InChI=1S/C18H15Cl2N3O3/c1-26-17-5-3-14(6-11(17)10-24)22-18(25)12-8-21-23(9-12)16-4-2-13(19)7-15(16)20/h2-9,24H,10H2,1H3,(H,22,25). The second-order valence-electron chi connectivity index (χ2n) is 5.41. The number of anilines is 1. The van der Waals surface area contributed by atoms with E-state index in [1.807, 2.05) is 0 Å². The third-order valence-corrected chi connectivity index (χ3v) is 4.25. The van der Waals surface area contributed by atoms with Crippen molar-refractivity contribution in [1.82, 2.24) is 9.78 Å². The molecule has 26 heavy (non-hydrogen) atoms. The number of rotatable bonds is 5. The van der Waals surface area contributed by atoms with Crippen LogP contribution >= 0.6 is 23.2 Å². The summed E-state index contributed by atoms with van der Waals surface area (Å²) in [7, 11) is 1.52. The van der Waals surface area contributed by atoms with E-state index in [4.69, 9.17) is 27.9 Å². The quantitative estimate of drug-likeness (QED) is 0.690. The smallest absolute Gasteiger partial charge is 0.258 e. The van der Waals surface area contributed by atoms with Crippen LogP contribution in [-0.4, -0.2) is 27.9 Å². The number of ether oxygens (including phenoxy) is 1. The zero-order chi connectivity index (χ0) is 18.7. The van der Waals surface area contributed by atoms with Gasteiger partial charge in [-0.25, -0.2) is 4.68 Å². The maximum Gasteiger partial charge on any atom is 0.258 e. The fourth-order valence-electron chi connectivity index (χ4n) is 2.42. The van der Waals surface area contributed by atoms with Crippen molar-refractivity contribution in [2.45, 2.75) is 6.61 Å². The van der Waals surface area contributed by atoms with Gasteiger partial charge in [0.15, 0.2) is 0 Å². The molecule has 0 atom stereocenters. The number of methoxy groups -OCH3 is 1. The SMILES string of the molecule is COc1ccc(NC(=O)c2cnn(-c3ccc(Cl)cc3Cl)c2)cc1CO. The lowest BCUT2D eigenvalue weighted by atomic mass is 10.2. The molecule has 0 radical (unpaired) electrons. The van der Waals surface area contributed by atoms with E-state index in [0.29, 0.717) is 38.3 Å². The van der Waals surface area contributed by atoms with Gasteiger partial charge in [0.2, 0.25) is 0 Å². The molecule has 3 rings (SSSR count). The molecule has 8 heteroatoms. The Hall–Kier alpha value is -2.54. The first kappa shape index (κ1) is 18.3. The number of carbonyl (C=O) groups excluding carboxylic acids is 1. The van der Waals surface area contributed by atoms with Crippen molar-refractivity contribution in [2.75, 3.05) is 12.4 Å². The zero-order valence-corrected chi connectivity index (χ0v) is 15.3. The van der Waals surface area contributed by atoms with E-state index in [9.17, 15) is 9.90 Å². The highest BCUT2D eigenvalue weighted by molar-refractivity contribution is 6.35. The Morgan fingerprint density at radius 3 is 2.77 bits per heavy atom. The van der Waals surface area contributed by atoms with Crippen LogP contribution < -0.4 is 10.1 Å². The number of aromatic nitrogens is 2. The number of aliphatic hydroxyl groups excluding tert-OH is 1. The highest BCUT2D eigenvalue weighted by Gasteiger charge is 2.13. The minimum absolute atomic E-state index is 0.195. The predicted octanol–water partition coefficient (Wildman–Crippen LogP) is 3.93. The molecule has 2 N–H and O–H groups in total. The molecule has 0 saturated heterocycles. The Morgan fingerprint density at radius 1 is 1.27 bits per heavy atom. The van der Waals surface area contributed by atoms with Gasteiger partial charge in [-0.1, -0.05) is 23.2 Å². The lowest BCUT2D eigenvalue weighted by molar-refractivity contribution is 0.102. The number of hydrogen-bond donors (Lipinski definition) is 2. The molecule has 1 amide bonds. The number of nitrogens with zero attached hydrogens (tertiary/aromatic N) is 2. The van der Waals surface area contributed by atoms with Gasteiger partial charge in [-0.3, -0.25) is 4.79 Å². The van der Waals surface area contributed by atoms with Gasteiger partial charge in [0.05, 0.1) is 36.2 Å². The van der Waals surface area contributed by atoms with E-state index in [1.165, 1.54) is 18.0 Å². The summed E-state index contributed by atoms with van der Waals surface area (Å²) >= 11 is 12.1. The van der Waals surface area contributed by atoms with Crippen LogP contribution in [0.2, 0.25) is 10.0 Å². The molecule has 0 unspecified atom stereocenters. The van der Waals surface area contributed by atoms with E-state index in [1.54, 1.807) is 42.6 Å². The molecule has 3 aromatic rings. The van der Waals surface area contributed by atoms with Gasteiger partial charge >= 0.3 is 0 Å². The van der Waals surface area contributed by atoms with Crippen LogP contribution in [0.5, 0.6) is 5.75 Å². The molecule has 0 fully saturated rings. The third-order valence-electron chi connectivity index (χ3n) is 3.71. The van der Waals surface area contributed by atoms with Gasteiger partial charge in [0, 0.05) is 22.5 Å². The Balaban J connectivity index is 1.80. The Labute approximate surface area is 159 Å². The molecule has 0 aliphatic carbocycles. The van der Waals surface area contributed by atoms with Crippen molar-refractivity contribution < 1.29 is 14.6 Å². The van der Waals surface area contributed by atoms with Crippen molar-refractivity contribution in [3.8, 4) is 11.4 Å². The number of nitrogens with one attached hydrogen (secondary N) is 1. The first-order valence-electron chi connectivity index (χ1n) is 7.61. The van der Waals surface area contributed by atoms with E-state index in [-0.39, 0.29) is 12.5 Å². The summed E-state index contributed by atoms with van der Waals surface area (Å²) < 4.78 is 6.65. The van der Waals surface area contributed by atoms with Crippen LogP contribution in [0.1, 0.15) is 15.9 Å². The fraction of sp³-hybridized carbons (Fsp3) is 0.111. The number of aliphatic hydroxyl groups is 1. The highest BCUT2D eigenvalue weighted by atomic mass is 35.5. The van der Waals surface area contributed by atoms with Crippen molar-refractivity contribution in [3.05, 3.63) is 70.0 Å². The minimum atomic E-state index is -0.338. The Kier molecular flexibility index (Phi) is 5.46. The molecule has 134 valence electrons. The third kappa shape index (κ3) is 3.83. The maximum absolute atomic E-state index is 12.4. The summed E-state index contributed by atoms with van der Waals surface area (Å²) in [6, 6.07) is 10.0. The number of carbonyl (C=O) groups is 1. The molecule has 0 aliphatic rings. The minimum Gasteiger partial charge on any atom is -0.496 e. The second-order valence-corrected chi connectivity index (χ2v) is 6.25. The van der Waals surface area contributed by atoms with E-state index in [2.05, 4.69) is 10.4 Å². The lowest BCUT2D eigenvalue weighted by Crippen LogP contribution is -2.11. The number of hydrogen-bond acceptors (Lipinski definition) is 4. The summed E-state index contributed by atoms with van der Waals surface area (Å²) in [4.78, 5) is 12.4. The molecular weight excluding hydrogens is 377 g/mol. The number of benzene rings is 2. The Morgan fingerprint density at radius 2 is 2.08 bits per heavy atom. The summed E-state index contributed by atoms with van der Waals surface area (Å²) in [6.07, 6.45) is 3.01.